The average Bonchev–Trinajstić information content (AvgIpc) is 3.21. The molecular weight excluding hydrogens is 294 g/mol. The molecule has 0 aromatic heterocycles. The van der Waals surface area contributed by atoms with E-state index in [1.54, 1.807) is 6.92 Å². The van der Waals surface area contributed by atoms with Crippen LogP contribution in [0.25, 0.3) is 0 Å². The van der Waals surface area contributed by atoms with Gasteiger partial charge >= 0.3 is 5.97 Å². The van der Waals surface area contributed by atoms with E-state index in [-0.39, 0.29) is 16.5 Å². The summed E-state index contributed by atoms with van der Waals surface area (Å²) >= 11 is 0. The number of carbonyl (C=O) groups excluding carboxylic acids is 1. The van der Waals surface area contributed by atoms with Gasteiger partial charge in [-0.15, -0.1) is 0 Å². The van der Waals surface area contributed by atoms with E-state index in [0.29, 0.717) is 5.56 Å². The van der Waals surface area contributed by atoms with Crippen LogP contribution in [0.3, 0.4) is 0 Å². The molecule has 0 spiro atoms. The quantitative estimate of drug-likeness (QED) is 0.849. The highest BCUT2D eigenvalue weighted by Gasteiger charge is 2.33. The maximum absolute atomic E-state index is 12.4. The number of sulfone groups is 1. The Labute approximate surface area is 123 Å². The SMILES string of the molecule is Cc1ccc(S(=O)(=O)C(C)C(=O)NC2CC2)cc1C(=O)O. The molecule has 1 aromatic rings. The number of nitrogens with one attached hydrogen (secondary N) is 1. The van der Waals surface area contributed by atoms with Gasteiger partial charge in [-0.3, -0.25) is 4.79 Å². The fourth-order valence-electron chi connectivity index (χ4n) is 1.90. The minimum absolute atomic E-state index is 0.0720. The van der Waals surface area contributed by atoms with E-state index < -0.39 is 27.0 Å². The van der Waals surface area contributed by atoms with Crippen LogP contribution < -0.4 is 5.32 Å². The molecule has 2 N–H and O–H groups in total. The first-order chi connectivity index (χ1) is 9.73. The summed E-state index contributed by atoms with van der Waals surface area (Å²) in [4.78, 5) is 22.8. The summed E-state index contributed by atoms with van der Waals surface area (Å²) in [6.45, 7) is 2.90. The van der Waals surface area contributed by atoms with Crippen LogP contribution in [-0.2, 0) is 14.6 Å². The Kier molecular flexibility index (Phi) is 4.04. The molecule has 0 heterocycles. The van der Waals surface area contributed by atoms with E-state index in [2.05, 4.69) is 5.32 Å². The lowest BCUT2D eigenvalue weighted by atomic mass is 10.1. The molecule has 1 saturated carbocycles. The average molecular weight is 311 g/mol. The number of rotatable bonds is 5. The van der Waals surface area contributed by atoms with Crippen molar-refractivity contribution in [3.8, 4) is 0 Å². The summed E-state index contributed by atoms with van der Waals surface area (Å²) in [6.07, 6.45) is 1.73. The zero-order valence-corrected chi connectivity index (χ0v) is 12.6. The third-order valence-corrected chi connectivity index (χ3v) is 5.58. The normalized spacial score (nSPS) is 16.3. The number of aromatic carboxylic acids is 1. The number of amides is 1. The van der Waals surface area contributed by atoms with E-state index in [0.717, 1.165) is 18.9 Å². The molecule has 21 heavy (non-hydrogen) atoms. The van der Waals surface area contributed by atoms with Gasteiger partial charge in [-0.05, 0) is 44.4 Å². The zero-order chi connectivity index (χ0) is 15.8. The third-order valence-electron chi connectivity index (χ3n) is 3.53. The monoisotopic (exact) mass is 311 g/mol. The fourth-order valence-corrected chi connectivity index (χ4v) is 3.20. The Morgan fingerprint density at radius 3 is 2.48 bits per heavy atom. The second-order valence-corrected chi connectivity index (χ2v) is 7.52. The smallest absolute Gasteiger partial charge is 0.335 e. The Bertz CT molecular complexity index is 691. The van der Waals surface area contributed by atoms with Gasteiger partial charge in [0.1, 0.15) is 5.25 Å². The van der Waals surface area contributed by atoms with Gasteiger partial charge < -0.3 is 10.4 Å². The first kappa shape index (κ1) is 15.5. The van der Waals surface area contributed by atoms with Crippen molar-refractivity contribution < 1.29 is 23.1 Å². The molecule has 0 aliphatic heterocycles. The molecule has 114 valence electrons. The highest BCUT2D eigenvalue weighted by molar-refractivity contribution is 7.92. The summed E-state index contributed by atoms with van der Waals surface area (Å²) in [7, 11) is -3.90. The lowest BCUT2D eigenvalue weighted by Gasteiger charge is -2.14. The molecule has 1 fully saturated rings. The Morgan fingerprint density at radius 1 is 1.33 bits per heavy atom. The van der Waals surface area contributed by atoms with Crippen molar-refractivity contribution in [2.75, 3.05) is 0 Å². The fraction of sp³-hybridized carbons (Fsp3) is 0.429. The Hall–Kier alpha value is -1.89. The summed E-state index contributed by atoms with van der Waals surface area (Å²) in [6, 6.07) is 3.94. The minimum Gasteiger partial charge on any atom is -0.478 e. The van der Waals surface area contributed by atoms with Crippen molar-refractivity contribution in [1.82, 2.24) is 5.32 Å². The molecule has 1 unspecified atom stereocenters. The summed E-state index contributed by atoms with van der Waals surface area (Å²) in [5.74, 6) is -1.74. The summed E-state index contributed by atoms with van der Waals surface area (Å²) in [5, 5.41) is 10.5. The van der Waals surface area contributed by atoms with Crippen LogP contribution in [0.4, 0.5) is 0 Å². The minimum atomic E-state index is -3.90. The van der Waals surface area contributed by atoms with Crippen molar-refractivity contribution >= 4 is 21.7 Å². The van der Waals surface area contributed by atoms with Crippen molar-refractivity contribution in [3.05, 3.63) is 29.3 Å². The molecule has 1 atom stereocenters. The molecule has 1 aliphatic carbocycles. The maximum Gasteiger partial charge on any atom is 0.335 e. The van der Waals surface area contributed by atoms with Crippen LogP contribution in [0.1, 0.15) is 35.7 Å². The Balaban J connectivity index is 2.32. The molecule has 0 saturated heterocycles. The predicted molar refractivity (Wildman–Crippen MR) is 76.0 cm³/mol. The van der Waals surface area contributed by atoms with Crippen LogP contribution >= 0.6 is 0 Å². The van der Waals surface area contributed by atoms with Gasteiger partial charge in [0.2, 0.25) is 5.91 Å². The van der Waals surface area contributed by atoms with E-state index in [1.807, 2.05) is 0 Å². The highest BCUT2D eigenvalue weighted by Crippen LogP contribution is 2.22. The lowest BCUT2D eigenvalue weighted by Crippen LogP contribution is -2.39. The number of carboxylic acids is 1. The van der Waals surface area contributed by atoms with Gasteiger partial charge in [0, 0.05) is 6.04 Å². The number of hydrogen-bond donors (Lipinski definition) is 2. The van der Waals surface area contributed by atoms with E-state index >= 15 is 0 Å². The van der Waals surface area contributed by atoms with Crippen LogP contribution in [-0.4, -0.2) is 36.7 Å². The number of carboxylic acid groups (broad SMARTS) is 1. The largest absolute Gasteiger partial charge is 0.478 e. The van der Waals surface area contributed by atoms with Crippen LogP contribution in [0, 0.1) is 6.92 Å². The molecule has 1 aliphatic rings. The van der Waals surface area contributed by atoms with Gasteiger partial charge in [-0.2, -0.15) is 0 Å². The van der Waals surface area contributed by atoms with E-state index in [4.69, 9.17) is 5.11 Å². The van der Waals surface area contributed by atoms with Gasteiger partial charge in [0.15, 0.2) is 9.84 Å². The maximum atomic E-state index is 12.4. The van der Waals surface area contributed by atoms with Gasteiger partial charge in [-0.25, -0.2) is 13.2 Å². The first-order valence-corrected chi connectivity index (χ1v) is 8.16. The number of hydrogen-bond acceptors (Lipinski definition) is 4. The molecule has 0 radical (unpaired) electrons. The van der Waals surface area contributed by atoms with Crippen LogP contribution in [0.2, 0.25) is 0 Å². The predicted octanol–water partition coefficient (Wildman–Crippen LogP) is 1.13. The van der Waals surface area contributed by atoms with E-state index in [1.165, 1.54) is 19.1 Å². The number of benzene rings is 1. The molecule has 0 bridgehead atoms. The number of aryl methyl sites for hydroxylation is 1. The van der Waals surface area contributed by atoms with Gasteiger partial charge in [0.05, 0.1) is 10.5 Å². The second kappa shape index (κ2) is 5.48. The van der Waals surface area contributed by atoms with Crippen LogP contribution in [0.5, 0.6) is 0 Å². The van der Waals surface area contributed by atoms with Crippen LogP contribution in [0.15, 0.2) is 23.1 Å². The van der Waals surface area contributed by atoms with Crippen molar-refractivity contribution in [2.24, 2.45) is 0 Å². The number of carbonyl (C=O) groups is 2. The Morgan fingerprint density at radius 2 is 1.95 bits per heavy atom. The van der Waals surface area contributed by atoms with Crippen molar-refractivity contribution in [1.29, 1.82) is 0 Å². The molecule has 2 rings (SSSR count). The molecule has 1 aromatic carbocycles. The summed E-state index contributed by atoms with van der Waals surface area (Å²) in [5.41, 5.74) is 0.391. The summed E-state index contributed by atoms with van der Waals surface area (Å²) < 4.78 is 24.8. The lowest BCUT2D eigenvalue weighted by molar-refractivity contribution is -0.120. The van der Waals surface area contributed by atoms with Gasteiger partial charge in [-0.1, -0.05) is 6.07 Å². The van der Waals surface area contributed by atoms with Gasteiger partial charge in [0.25, 0.3) is 0 Å². The molecule has 1 amide bonds. The standard InChI is InChI=1S/C14H17NO5S/c1-8-3-6-11(7-12(8)14(17)18)21(19,20)9(2)13(16)15-10-4-5-10/h3,6-7,9-10H,4-5H2,1-2H3,(H,15,16)(H,17,18). The van der Waals surface area contributed by atoms with E-state index in [9.17, 15) is 18.0 Å². The zero-order valence-electron chi connectivity index (χ0n) is 11.8. The molecule has 7 heteroatoms. The van der Waals surface area contributed by atoms with Crippen molar-refractivity contribution in [2.45, 2.75) is 42.9 Å². The van der Waals surface area contributed by atoms with Crippen molar-refractivity contribution in [3.63, 3.8) is 0 Å². The highest BCUT2D eigenvalue weighted by atomic mass is 32.2. The molecule has 6 nitrogen and oxygen atoms in total. The topological polar surface area (TPSA) is 101 Å². The molecular formula is C14H17NO5S. The second-order valence-electron chi connectivity index (χ2n) is 5.25. The third kappa shape index (κ3) is 3.24. The first-order valence-electron chi connectivity index (χ1n) is 6.61.